The van der Waals surface area contributed by atoms with E-state index in [4.69, 9.17) is 14.2 Å². The number of amides is 1. The minimum absolute atomic E-state index is 0.0223. The van der Waals surface area contributed by atoms with Gasteiger partial charge in [-0.15, -0.1) is 0 Å². The van der Waals surface area contributed by atoms with Crippen LogP contribution < -0.4 is 5.32 Å². The van der Waals surface area contributed by atoms with Gasteiger partial charge >= 0.3 is 5.97 Å². The molecule has 0 aromatic carbocycles. The molecule has 7 unspecified atom stereocenters. The SMILES string of the molecule is CCCCCCCCC/C=C/C(O)C(COC1OC(CO)C(O)C(O)C1O)NC(=O)CCCCCCCCCCCCCCCCCCCCCCCCCCCCCCCCCCCCCCCCCOC(=O)CCCCCCCCCCCCCCCCC. The molecule has 1 heterocycles. The Kier molecular flexibility index (Phi) is 67.0. The molecule has 0 aliphatic carbocycles. The molecule has 1 rings (SSSR count). The topological polar surface area (TPSA) is 175 Å². The number of carbonyl (C=O) groups excluding carboxylic acids is 2. The number of esters is 1. The second kappa shape index (κ2) is 69.7. The zero-order valence-electron chi connectivity index (χ0n) is 60.3. The van der Waals surface area contributed by atoms with Crippen molar-refractivity contribution in [2.24, 2.45) is 0 Å². The van der Waals surface area contributed by atoms with E-state index in [0.717, 1.165) is 51.4 Å². The van der Waals surface area contributed by atoms with Gasteiger partial charge in [0.15, 0.2) is 6.29 Å². The predicted octanol–water partition coefficient (Wildman–Crippen LogP) is 21.8. The number of aliphatic hydroxyl groups excluding tert-OH is 5. The maximum atomic E-state index is 13.0. The molecule has 0 aromatic rings. The number of aliphatic hydroxyl groups is 5. The summed E-state index contributed by atoms with van der Waals surface area (Å²) in [5, 5.41) is 54.4. The highest BCUT2D eigenvalue weighted by Crippen LogP contribution is 2.24. The molecule has 0 bridgehead atoms. The standard InChI is InChI=1S/C80H155NO10/c1-3-5-7-9-11-13-14-15-41-45-48-52-56-60-64-68-76(85)89-69-65-61-57-53-49-46-43-40-38-36-34-32-30-28-26-24-22-20-18-16-17-19-21-23-25-27-29-31-33-35-37-39-42-44-47-51-55-59-63-67-75(84)81-72(73(83)66-62-58-54-50-12-10-8-6-4-2)71-90-80-79(88)78(87)77(86)74(70-82)91-80/h62,66,72-74,77-80,82-83,86-88H,3-61,63-65,67-71H2,1-2H3,(H,81,84)/b66-62+. The van der Waals surface area contributed by atoms with Gasteiger partial charge in [0, 0.05) is 12.8 Å². The second-order valence-corrected chi connectivity index (χ2v) is 28.5. The molecule has 0 aromatic heterocycles. The zero-order valence-corrected chi connectivity index (χ0v) is 60.3. The number of nitrogens with one attached hydrogen (secondary N) is 1. The second-order valence-electron chi connectivity index (χ2n) is 28.5. The van der Waals surface area contributed by atoms with Crippen molar-refractivity contribution in [3.05, 3.63) is 12.2 Å². The van der Waals surface area contributed by atoms with Crippen LogP contribution >= 0.6 is 0 Å². The number of rotatable bonds is 73. The van der Waals surface area contributed by atoms with Gasteiger partial charge in [0.25, 0.3) is 0 Å². The molecular weight excluding hydrogens is 1130 g/mol. The van der Waals surface area contributed by atoms with Gasteiger partial charge in [0.2, 0.25) is 5.91 Å². The highest BCUT2D eigenvalue weighted by Gasteiger charge is 2.44. The van der Waals surface area contributed by atoms with E-state index in [1.807, 2.05) is 6.08 Å². The van der Waals surface area contributed by atoms with Crippen molar-refractivity contribution >= 4 is 11.9 Å². The molecule has 1 aliphatic rings. The lowest BCUT2D eigenvalue weighted by molar-refractivity contribution is -0.302. The van der Waals surface area contributed by atoms with Crippen LogP contribution in [-0.2, 0) is 23.8 Å². The van der Waals surface area contributed by atoms with Crippen LogP contribution in [-0.4, -0.2) is 100 Å². The van der Waals surface area contributed by atoms with E-state index in [-0.39, 0.29) is 18.5 Å². The Labute approximate surface area is 563 Å². The fourth-order valence-corrected chi connectivity index (χ4v) is 13.3. The third-order valence-corrected chi connectivity index (χ3v) is 19.7. The first-order valence-corrected chi connectivity index (χ1v) is 40.5. The van der Waals surface area contributed by atoms with Crippen LogP contribution in [0.25, 0.3) is 0 Å². The van der Waals surface area contributed by atoms with Crippen LogP contribution in [0.3, 0.4) is 0 Å². The summed E-state index contributed by atoms with van der Waals surface area (Å²) in [6.07, 6.45) is 78.5. The Balaban J connectivity index is 1.82. The van der Waals surface area contributed by atoms with Gasteiger partial charge in [-0.05, 0) is 32.1 Å². The maximum Gasteiger partial charge on any atom is 0.305 e. The molecule has 0 spiro atoms. The summed E-state index contributed by atoms with van der Waals surface area (Å²) in [7, 11) is 0. The lowest BCUT2D eigenvalue weighted by Gasteiger charge is -2.40. The number of allylic oxidation sites excluding steroid dienone is 1. The third kappa shape index (κ3) is 58.3. The molecule has 1 aliphatic heterocycles. The summed E-state index contributed by atoms with van der Waals surface area (Å²) >= 11 is 0. The summed E-state index contributed by atoms with van der Waals surface area (Å²) in [6, 6.07) is -0.803. The van der Waals surface area contributed by atoms with Gasteiger partial charge in [-0.3, -0.25) is 9.59 Å². The molecule has 7 atom stereocenters. The lowest BCUT2D eigenvalue weighted by atomic mass is 9.99. The highest BCUT2D eigenvalue weighted by molar-refractivity contribution is 5.76. The first kappa shape index (κ1) is 87.4. The van der Waals surface area contributed by atoms with Crippen molar-refractivity contribution in [1.82, 2.24) is 5.32 Å². The summed E-state index contributed by atoms with van der Waals surface area (Å²) < 4.78 is 16.7. The lowest BCUT2D eigenvalue weighted by Crippen LogP contribution is -2.60. The summed E-state index contributed by atoms with van der Waals surface area (Å²) in [5.41, 5.74) is 0. The van der Waals surface area contributed by atoms with Crippen LogP contribution in [0.1, 0.15) is 425 Å². The van der Waals surface area contributed by atoms with Crippen LogP contribution in [0.15, 0.2) is 12.2 Å². The van der Waals surface area contributed by atoms with E-state index in [9.17, 15) is 35.1 Å². The number of unbranched alkanes of at least 4 members (excludes halogenated alkanes) is 59. The molecule has 1 saturated heterocycles. The average molecular weight is 1290 g/mol. The van der Waals surface area contributed by atoms with Gasteiger partial charge in [-0.2, -0.15) is 0 Å². The number of carbonyl (C=O) groups is 2. The van der Waals surface area contributed by atoms with E-state index >= 15 is 0 Å². The zero-order chi connectivity index (χ0) is 65.8. The van der Waals surface area contributed by atoms with Gasteiger partial charge < -0.3 is 45.1 Å². The predicted molar refractivity (Wildman–Crippen MR) is 385 cm³/mol. The molecule has 0 radical (unpaired) electrons. The molecule has 11 nitrogen and oxygen atoms in total. The Morgan fingerprint density at radius 3 is 1.02 bits per heavy atom. The quantitative estimate of drug-likeness (QED) is 0.0195. The number of hydrogen-bond acceptors (Lipinski definition) is 10. The first-order chi connectivity index (χ1) is 44.7. The van der Waals surface area contributed by atoms with Crippen molar-refractivity contribution < 1.29 is 49.3 Å². The average Bonchev–Trinajstić information content (AvgIpc) is 1.22. The Morgan fingerprint density at radius 2 is 0.692 bits per heavy atom. The molecule has 540 valence electrons. The van der Waals surface area contributed by atoms with Gasteiger partial charge in [-0.25, -0.2) is 0 Å². The largest absolute Gasteiger partial charge is 0.466 e. The molecule has 6 N–H and O–H groups in total. The van der Waals surface area contributed by atoms with Crippen molar-refractivity contribution in [3.8, 4) is 0 Å². The van der Waals surface area contributed by atoms with E-state index in [2.05, 4.69) is 19.2 Å². The Hall–Kier alpha value is -1.60. The molecule has 1 fully saturated rings. The van der Waals surface area contributed by atoms with Crippen molar-refractivity contribution in [2.75, 3.05) is 19.8 Å². The van der Waals surface area contributed by atoms with E-state index in [0.29, 0.717) is 19.4 Å². The fourth-order valence-electron chi connectivity index (χ4n) is 13.3. The van der Waals surface area contributed by atoms with Crippen LogP contribution in [0.2, 0.25) is 0 Å². The third-order valence-electron chi connectivity index (χ3n) is 19.7. The van der Waals surface area contributed by atoms with E-state index < -0.39 is 49.5 Å². The first-order valence-electron chi connectivity index (χ1n) is 40.5. The molecular formula is C80H155NO10. The van der Waals surface area contributed by atoms with Crippen molar-refractivity contribution in [1.29, 1.82) is 0 Å². The fraction of sp³-hybridized carbons (Fsp3) is 0.950. The Morgan fingerprint density at radius 1 is 0.396 bits per heavy atom. The van der Waals surface area contributed by atoms with E-state index in [1.165, 1.54) is 347 Å². The van der Waals surface area contributed by atoms with Crippen LogP contribution in [0.5, 0.6) is 0 Å². The normalized spacial score (nSPS) is 17.5. The van der Waals surface area contributed by atoms with Gasteiger partial charge in [0.05, 0.1) is 32.0 Å². The van der Waals surface area contributed by atoms with Gasteiger partial charge in [-0.1, -0.05) is 392 Å². The monoisotopic (exact) mass is 1290 g/mol. The smallest absolute Gasteiger partial charge is 0.305 e. The molecule has 11 heteroatoms. The minimum Gasteiger partial charge on any atom is -0.466 e. The molecule has 1 amide bonds. The van der Waals surface area contributed by atoms with Crippen LogP contribution in [0, 0.1) is 0 Å². The molecule has 0 saturated carbocycles. The summed E-state index contributed by atoms with van der Waals surface area (Å²) in [4.78, 5) is 25.1. The van der Waals surface area contributed by atoms with E-state index in [1.54, 1.807) is 6.08 Å². The van der Waals surface area contributed by atoms with Gasteiger partial charge in [0.1, 0.15) is 24.4 Å². The van der Waals surface area contributed by atoms with Crippen molar-refractivity contribution in [3.63, 3.8) is 0 Å². The Bertz CT molecular complexity index is 1510. The van der Waals surface area contributed by atoms with Crippen LogP contribution in [0.4, 0.5) is 0 Å². The number of hydrogen-bond donors (Lipinski definition) is 6. The summed E-state index contributed by atoms with van der Waals surface area (Å²) in [6.45, 7) is 4.38. The number of ether oxygens (including phenoxy) is 3. The maximum absolute atomic E-state index is 13.0. The molecule has 91 heavy (non-hydrogen) atoms. The minimum atomic E-state index is -1.57. The highest BCUT2D eigenvalue weighted by atomic mass is 16.7. The summed E-state index contributed by atoms with van der Waals surface area (Å²) in [5.74, 6) is -0.153. The van der Waals surface area contributed by atoms with Crippen molar-refractivity contribution in [2.45, 2.75) is 468 Å².